The normalized spacial score (nSPS) is 19.7. The maximum absolute atomic E-state index is 13.2. The third-order valence-electron chi connectivity index (χ3n) is 4.79. The van der Waals surface area contributed by atoms with Crippen molar-refractivity contribution in [3.63, 3.8) is 0 Å². The number of hydrogen-bond donors (Lipinski definition) is 1. The molecule has 2 N–H and O–H groups in total. The lowest BCUT2D eigenvalue weighted by Crippen LogP contribution is -2.53. The first-order valence-corrected chi connectivity index (χ1v) is 9.63. The van der Waals surface area contributed by atoms with Crippen molar-refractivity contribution < 1.29 is 27.4 Å². The van der Waals surface area contributed by atoms with E-state index in [1.54, 1.807) is 0 Å². The van der Waals surface area contributed by atoms with Crippen molar-refractivity contribution in [2.24, 2.45) is 11.1 Å². The molecule has 1 aliphatic rings. The van der Waals surface area contributed by atoms with Crippen LogP contribution in [-0.2, 0) is 14.8 Å². The number of esters is 1. The Morgan fingerprint density at radius 1 is 1.22 bits per heavy atom. The summed E-state index contributed by atoms with van der Waals surface area (Å²) in [5, 5.41) is 0. The highest BCUT2D eigenvalue weighted by molar-refractivity contribution is 7.89. The monoisotopic (exact) mass is 422 g/mol. The van der Waals surface area contributed by atoms with Crippen LogP contribution < -0.4 is 15.2 Å². The van der Waals surface area contributed by atoms with Crippen LogP contribution in [0.1, 0.15) is 30.6 Å². The lowest BCUT2D eigenvalue weighted by molar-refractivity contribution is 0.0592. The number of carbonyl (C=O) groups is 1. The van der Waals surface area contributed by atoms with Gasteiger partial charge in [-0.3, -0.25) is 0 Å². The number of methoxy groups -OCH3 is 3. The molecule has 0 bridgehead atoms. The van der Waals surface area contributed by atoms with Crippen molar-refractivity contribution >= 4 is 28.4 Å². The van der Waals surface area contributed by atoms with Crippen LogP contribution in [0.5, 0.6) is 11.5 Å². The smallest absolute Gasteiger partial charge is 0.345 e. The second kappa shape index (κ2) is 8.64. The number of nitrogens with zero attached hydrogens (tertiary/aromatic N) is 1. The van der Waals surface area contributed by atoms with Crippen LogP contribution in [-0.4, -0.2) is 59.2 Å². The molecule has 0 spiro atoms. The van der Waals surface area contributed by atoms with E-state index in [1.807, 2.05) is 13.8 Å². The van der Waals surface area contributed by atoms with Gasteiger partial charge >= 0.3 is 5.97 Å². The van der Waals surface area contributed by atoms with E-state index >= 15 is 0 Å². The highest BCUT2D eigenvalue weighted by atomic mass is 35.5. The fourth-order valence-corrected chi connectivity index (χ4v) is 4.87. The van der Waals surface area contributed by atoms with Crippen LogP contribution in [0.2, 0.25) is 0 Å². The van der Waals surface area contributed by atoms with E-state index in [9.17, 15) is 13.2 Å². The first kappa shape index (κ1) is 23.5. The zero-order valence-electron chi connectivity index (χ0n) is 16.1. The van der Waals surface area contributed by atoms with Gasteiger partial charge in [0.1, 0.15) is 16.2 Å². The topological polar surface area (TPSA) is 108 Å². The van der Waals surface area contributed by atoms with E-state index in [-0.39, 0.29) is 52.4 Å². The molecular formula is C17H27ClN2O6S. The summed E-state index contributed by atoms with van der Waals surface area (Å²) in [5.41, 5.74) is 5.68. The van der Waals surface area contributed by atoms with Crippen LogP contribution in [0.25, 0.3) is 0 Å². The molecule has 1 saturated heterocycles. The number of hydrogen-bond acceptors (Lipinski definition) is 7. The minimum atomic E-state index is -3.90. The van der Waals surface area contributed by atoms with Gasteiger partial charge in [-0.15, -0.1) is 12.4 Å². The molecule has 1 unspecified atom stereocenters. The van der Waals surface area contributed by atoms with Gasteiger partial charge in [-0.2, -0.15) is 4.31 Å². The van der Waals surface area contributed by atoms with Gasteiger partial charge in [-0.05, 0) is 24.0 Å². The summed E-state index contributed by atoms with van der Waals surface area (Å²) < 4.78 is 43.1. The van der Waals surface area contributed by atoms with Gasteiger partial charge in [0.15, 0.2) is 5.75 Å². The zero-order chi connectivity index (χ0) is 19.7. The number of nitrogens with two attached hydrogens (primary N) is 1. The number of piperidine rings is 1. The summed E-state index contributed by atoms with van der Waals surface area (Å²) in [7, 11) is -0.0130. The van der Waals surface area contributed by atoms with Gasteiger partial charge in [0.2, 0.25) is 10.0 Å². The standard InChI is InChI=1S/C17H26N2O6S.ClH/c1-17(2)10-19(9-8-13(17)18)26(21,22)12-7-6-11(23-3)14(15(12)24-4)16(20)25-5;/h6-7,13H,8-10,18H2,1-5H3;1H. The average molecular weight is 423 g/mol. The molecule has 1 aromatic rings. The minimum Gasteiger partial charge on any atom is -0.496 e. The maximum atomic E-state index is 13.2. The van der Waals surface area contributed by atoms with Gasteiger partial charge in [-0.25, -0.2) is 13.2 Å². The SMILES string of the molecule is COC(=O)c1c(OC)ccc(S(=O)(=O)N2CCC(N)C(C)(C)C2)c1OC.Cl. The van der Waals surface area contributed by atoms with Crippen molar-refractivity contribution in [2.45, 2.75) is 31.2 Å². The summed E-state index contributed by atoms with van der Waals surface area (Å²) >= 11 is 0. The molecule has 10 heteroatoms. The maximum Gasteiger partial charge on any atom is 0.345 e. The third-order valence-corrected chi connectivity index (χ3v) is 6.66. The summed E-state index contributed by atoms with van der Waals surface area (Å²) in [6, 6.07) is 2.71. The van der Waals surface area contributed by atoms with Crippen LogP contribution >= 0.6 is 12.4 Å². The van der Waals surface area contributed by atoms with E-state index < -0.39 is 16.0 Å². The largest absolute Gasteiger partial charge is 0.496 e. The van der Waals surface area contributed by atoms with Gasteiger partial charge in [0.25, 0.3) is 0 Å². The highest BCUT2D eigenvalue weighted by Gasteiger charge is 2.40. The van der Waals surface area contributed by atoms with E-state index in [0.29, 0.717) is 13.0 Å². The first-order valence-electron chi connectivity index (χ1n) is 8.19. The fourth-order valence-electron chi connectivity index (χ4n) is 3.09. The van der Waals surface area contributed by atoms with Crippen molar-refractivity contribution in [1.29, 1.82) is 0 Å². The lowest BCUT2D eigenvalue weighted by Gasteiger charge is -2.41. The molecule has 1 atom stereocenters. The second-order valence-corrected chi connectivity index (χ2v) is 8.79. The Balaban J connectivity index is 0.00000364. The molecule has 0 saturated carbocycles. The molecular weight excluding hydrogens is 396 g/mol. The van der Waals surface area contributed by atoms with Crippen molar-refractivity contribution in [2.75, 3.05) is 34.4 Å². The molecule has 154 valence electrons. The van der Waals surface area contributed by atoms with Crippen LogP contribution in [0.4, 0.5) is 0 Å². The Bertz CT molecular complexity index is 797. The zero-order valence-corrected chi connectivity index (χ0v) is 17.8. The average Bonchev–Trinajstić information content (AvgIpc) is 2.61. The quantitative estimate of drug-likeness (QED) is 0.718. The Morgan fingerprint density at radius 3 is 2.33 bits per heavy atom. The summed E-state index contributed by atoms with van der Waals surface area (Å²) in [4.78, 5) is 12.1. The number of halogens is 1. The molecule has 8 nitrogen and oxygen atoms in total. The number of benzene rings is 1. The summed E-state index contributed by atoms with van der Waals surface area (Å²) in [6.45, 7) is 4.45. The molecule has 27 heavy (non-hydrogen) atoms. The Hall–Kier alpha value is -1.55. The van der Waals surface area contributed by atoms with Crippen LogP contribution in [0, 0.1) is 5.41 Å². The van der Waals surface area contributed by atoms with Crippen LogP contribution in [0.15, 0.2) is 17.0 Å². The molecule has 1 fully saturated rings. The van der Waals surface area contributed by atoms with E-state index in [1.165, 1.54) is 37.8 Å². The summed E-state index contributed by atoms with van der Waals surface area (Å²) in [6.07, 6.45) is 0.550. The van der Waals surface area contributed by atoms with Gasteiger partial charge in [0.05, 0.1) is 21.3 Å². The number of sulfonamides is 1. The molecule has 0 amide bonds. The van der Waals surface area contributed by atoms with Crippen molar-refractivity contribution in [3.8, 4) is 11.5 Å². The Labute approximate surface area is 166 Å². The van der Waals surface area contributed by atoms with E-state index in [4.69, 9.17) is 19.9 Å². The van der Waals surface area contributed by atoms with Gasteiger partial charge in [-0.1, -0.05) is 13.8 Å². The molecule has 1 aromatic carbocycles. The third kappa shape index (κ3) is 4.31. The lowest BCUT2D eigenvalue weighted by atomic mass is 9.81. The van der Waals surface area contributed by atoms with Crippen LogP contribution in [0.3, 0.4) is 0 Å². The second-order valence-electron chi connectivity index (χ2n) is 6.89. The number of rotatable bonds is 5. The number of ether oxygens (including phenoxy) is 3. The predicted molar refractivity (Wildman–Crippen MR) is 103 cm³/mol. The fraction of sp³-hybridized carbons (Fsp3) is 0.588. The van der Waals surface area contributed by atoms with Crippen molar-refractivity contribution in [3.05, 3.63) is 17.7 Å². The molecule has 0 aliphatic carbocycles. The van der Waals surface area contributed by atoms with E-state index in [2.05, 4.69) is 0 Å². The van der Waals surface area contributed by atoms with Gasteiger partial charge < -0.3 is 19.9 Å². The molecule has 1 aliphatic heterocycles. The van der Waals surface area contributed by atoms with Gasteiger partial charge in [0, 0.05) is 19.1 Å². The summed E-state index contributed by atoms with van der Waals surface area (Å²) in [5.74, 6) is -0.658. The molecule has 0 radical (unpaired) electrons. The minimum absolute atomic E-state index is 0. The van der Waals surface area contributed by atoms with Crippen molar-refractivity contribution in [1.82, 2.24) is 4.31 Å². The Kier molecular flexibility index (Phi) is 7.52. The molecule has 0 aromatic heterocycles. The molecule has 1 heterocycles. The highest BCUT2D eigenvalue weighted by Crippen LogP contribution is 2.39. The van der Waals surface area contributed by atoms with E-state index in [0.717, 1.165) is 0 Å². The number of carbonyl (C=O) groups excluding carboxylic acids is 1. The Morgan fingerprint density at radius 2 is 1.85 bits per heavy atom. The first-order chi connectivity index (χ1) is 12.1. The molecule has 2 rings (SSSR count). The predicted octanol–water partition coefficient (Wildman–Crippen LogP) is 1.66.